The van der Waals surface area contributed by atoms with Gasteiger partial charge in [-0.25, -0.2) is 9.59 Å². The zero-order valence-corrected chi connectivity index (χ0v) is 12.7. The molecule has 0 spiro atoms. The molecule has 124 valence electrons. The van der Waals surface area contributed by atoms with E-state index in [9.17, 15) is 19.7 Å². The summed E-state index contributed by atoms with van der Waals surface area (Å²) < 4.78 is 19.1. The Bertz CT molecular complexity index is 638. The molecule has 0 bridgehead atoms. The predicted molar refractivity (Wildman–Crippen MR) is 78.2 cm³/mol. The van der Waals surface area contributed by atoms with E-state index in [4.69, 9.17) is 9.47 Å². The summed E-state index contributed by atoms with van der Waals surface area (Å²) in [5.74, 6) is -1.16. The molecular weight excluding hydrogens is 310 g/mol. The lowest BCUT2D eigenvalue weighted by atomic mass is 10.1. The lowest BCUT2D eigenvalue weighted by Crippen LogP contribution is -2.13. The molecule has 9 nitrogen and oxygen atoms in total. The van der Waals surface area contributed by atoms with Crippen molar-refractivity contribution in [3.63, 3.8) is 0 Å². The molecule has 9 heteroatoms. The van der Waals surface area contributed by atoms with Gasteiger partial charge in [-0.05, 0) is 12.1 Å². The number of benzene rings is 1. The first-order chi connectivity index (χ1) is 10.9. The molecule has 0 heterocycles. The van der Waals surface area contributed by atoms with Gasteiger partial charge in [0.1, 0.15) is 0 Å². The summed E-state index contributed by atoms with van der Waals surface area (Å²) >= 11 is 0. The predicted octanol–water partition coefficient (Wildman–Crippen LogP) is 1.34. The van der Waals surface area contributed by atoms with Crippen LogP contribution in [0.2, 0.25) is 0 Å². The second kappa shape index (κ2) is 8.37. The van der Waals surface area contributed by atoms with E-state index in [1.807, 2.05) is 0 Å². The number of esters is 2. The van der Waals surface area contributed by atoms with Crippen LogP contribution in [0.3, 0.4) is 0 Å². The summed E-state index contributed by atoms with van der Waals surface area (Å²) in [4.78, 5) is 32.7. The van der Waals surface area contributed by atoms with E-state index < -0.39 is 23.5 Å². The van der Waals surface area contributed by atoms with Crippen molar-refractivity contribution < 1.29 is 33.5 Å². The lowest BCUT2D eigenvalue weighted by molar-refractivity contribution is -0.385. The molecule has 0 saturated heterocycles. The summed E-state index contributed by atoms with van der Waals surface area (Å²) in [5, 5.41) is 11.1. The number of ether oxygens (including phenoxy) is 4. The van der Waals surface area contributed by atoms with E-state index in [1.54, 1.807) is 0 Å². The lowest BCUT2D eigenvalue weighted by Gasteiger charge is -2.11. The third kappa shape index (κ3) is 4.99. The minimum atomic E-state index is -0.663. The summed E-state index contributed by atoms with van der Waals surface area (Å²) in [5.41, 5.74) is -0.214. The van der Waals surface area contributed by atoms with Gasteiger partial charge in [0.05, 0.1) is 37.9 Å². The zero-order valence-electron chi connectivity index (χ0n) is 12.7. The smallest absolute Gasteiger partial charge is 0.343 e. The van der Waals surface area contributed by atoms with Gasteiger partial charge in [-0.15, -0.1) is 0 Å². The number of nitro benzene ring substituents is 1. The molecule has 0 aromatic heterocycles. The van der Waals surface area contributed by atoms with Crippen molar-refractivity contribution in [3.8, 4) is 11.5 Å². The van der Waals surface area contributed by atoms with E-state index in [0.29, 0.717) is 0 Å². The van der Waals surface area contributed by atoms with Crippen LogP contribution in [0.15, 0.2) is 18.2 Å². The number of rotatable bonds is 7. The molecule has 0 aliphatic heterocycles. The summed E-state index contributed by atoms with van der Waals surface area (Å²) in [7, 11) is 3.71. The average Bonchev–Trinajstić information content (AvgIpc) is 2.56. The Kier molecular flexibility index (Phi) is 6.53. The topological polar surface area (TPSA) is 114 Å². The molecule has 1 aromatic carbocycles. The third-order valence-electron chi connectivity index (χ3n) is 2.68. The second-order valence-electron chi connectivity index (χ2n) is 4.04. The minimum absolute atomic E-state index is 0.000168. The van der Waals surface area contributed by atoms with Crippen LogP contribution < -0.4 is 9.47 Å². The maximum absolute atomic E-state index is 11.1. The van der Waals surface area contributed by atoms with Gasteiger partial charge in [-0.1, -0.05) is 0 Å². The van der Waals surface area contributed by atoms with Gasteiger partial charge in [0.15, 0.2) is 18.1 Å². The number of hydrogen-bond donors (Lipinski definition) is 0. The first-order valence-electron chi connectivity index (χ1n) is 6.25. The van der Waals surface area contributed by atoms with Gasteiger partial charge in [0, 0.05) is 6.08 Å². The molecule has 0 unspecified atom stereocenters. The molecule has 23 heavy (non-hydrogen) atoms. The number of carbonyl (C=O) groups is 2. The Morgan fingerprint density at radius 1 is 1.17 bits per heavy atom. The van der Waals surface area contributed by atoms with Gasteiger partial charge in [-0.2, -0.15) is 0 Å². The van der Waals surface area contributed by atoms with Gasteiger partial charge in [0.25, 0.3) is 5.69 Å². The maximum Gasteiger partial charge on any atom is 0.343 e. The van der Waals surface area contributed by atoms with E-state index in [2.05, 4.69) is 9.47 Å². The molecule has 0 aliphatic carbocycles. The van der Waals surface area contributed by atoms with E-state index >= 15 is 0 Å². The van der Waals surface area contributed by atoms with Crippen molar-refractivity contribution in [2.75, 3.05) is 27.9 Å². The molecule has 0 N–H and O–H groups in total. The quantitative estimate of drug-likeness (QED) is 0.319. The number of nitrogens with zero attached hydrogens (tertiary/aromatic N) is 1. The minimum Gasteiger partial charge on any atom is -0.493 e. The summed E-state index contributed by atoms with van der Waals surface area (Å²) in [6, 6.07) is 2.41. The van der Waals surface area contributed by atoms with Crippen molar-refractivity contribution in [1.29, 1.82) is 0 Å². The highest BCUT2D eigenvalue weighted by Gasteiger charge is 2.19. The Labute approximate surface area is 131 Å². The molecule has 0 saturated carbocycles. The molecule has 0 fully saturated rings. The molecule has 1 rings (SSSR count). The van der Waals surface area contributed by atoms with Crippen LogP contribution in [0.5, 0.6) is 11.5 Å². The van der Waals surface area contributed by atoms with Crippen LogP contribution in [-0.4, -0.2) is 44.8 Å². The van der Waals surface area contributed by atoms with Crippen LogP contribution in [-0.2, 0) is 19.1 Å². The van der Waals surface area contributed by atoms with E-state index in [0.717, 1.165) is 12.1 Å². The number of methoxy groups -OCH3 is 3. The van der Waals surface area contributed by atoms with Crippen LogP contribution in [0.25, 0.3) is 6.08 Å². The highest BCUT2D eigenvalue weighted by atomic mass is 16.6. The summed E-state index contributed by atoms with van der Waals surface area (Å²) in [6.45, 7) is -0.429. The fraction of sp³-hybridized carbons (Fsp3) is 0.286. The Hall–Kier alpha value is -3.10. The van der Waals surface area contributed by atoms with Crippen molar-refractivity contribution in [2.45, 2.75) is 0 Å². The van der Waals surface area contributed by atoms with Crippen molar-refractivity contribution in [3.05, 3.63) is 33.9 Å². The maximum atomic E-state index is 11.1. The largest absolute Gasteiger partial charge is 0.493 e. The van der Waals surface area contributed by atoms with Crippen molar-refractivity contribution >= 4 is 23.7 Å². The molecule has 0 atom stereocenters. The van der Waals surface area contributed by atoms with Gasteiger partial charge >= 0.3 is 11.9 Å². The standard InChI is InChI=1S/C14H15NO8/c1-20-11-6-9(4-5-13(16)21-2)10(15(18)19)7-12(11)23-8-14(17)22-3/h4-7H,8H2,1-3H3/b5-4+. The third-order valence-corrected chi connectivity index (χ3v) is 2.68. The first-order valence-corrected chi connectivity index (χ1v) is 6.25. The number of hydrogen-bond acceptors (Lipinski definition) is 8. The Balaban J connectivity index is 3.22. The Morgan fingerprint density at radius 2 is 1.87 bits per heavy atom. The summed E-state index contributed by atoms with van der Waals surface area (Å²) in [6.07, 6.45) is 2.26. The van der Waals surface area contributed by atoms with Gasteiger partial charge < -0.3 is 18.9 Å². The first kappa shape index (κ1) is 18.0. The van der Waals surface area contributed by atoms with Crippen molar-refractivity contribution in [1.82, 2.24) is 0 Å². The molecule has 1 aromatic rings. The van der Waals surface area contributed by atoms with Gasteiger partial charge in [0.2, 0.25) is 0 Å². The molecule has 0 aliphatic rings. The molecule has 0 radical (unpaired) electrons. The van der Waals surface area contributed by atoms with Crippen LogP contribution >= 0.6 is 0 Å². The normalized spacial score (nSPS) is 10.2. The Morgan fingerprint density at radius 3 is 2.39 bits per heavy atom. The second-order valence-corrected chi connectivity index (χ2v) is 4.04. The fourth-order valence-corrected chi connectivity index (χ4v) is 1.55. The van der Waals surface area contributed by atoms with Crippen LogP contribution in [0, 0.1) is 10.1 Å². The number of carbonyl (C=O) groups excluding carboxylic acids is 2. The molecule has 0 amide bonds. The average molecular weight is 325 g/mol. The SMILES string of the molecule is COC(=O)/C=C/c1cc(OC)c(OCC(=O)OC)cc1[N+](=O)[O-]. The molecular formula is C14H15NO8. The van der Waals surface area contributed by atoms with Gasteiger partial charge in [-0.3, -0.25) is 10.1 Å². The zero-order chi connectivity index (χ0) is 17.4. The van der Waals surface area contributed by atoms with Crippen LogP contribution in [0.4, 0.5) is 5.69 Å². The van der Waals surface area contributed by atoms with E-state index in [1.165, 1.54) is 33.5 Å². The fourth-order valence-electron chi connectivity index (χ4n) is 1.55. The van der Waals surface area contributed by atoms with Crippen LogP contribution in [0.1, 0.15) is 5.56 Å². The number of nitro groups is 1. The van der Waals surface area contributed by atoms with E-state index in [-0.39, 0.29) is 22.7 Å². The highest BCUT2D eigenvalue weighted by molar-refractivity contribution is 5.88. The highest BCUT2D eigenvalue weighted by Crippen LogP contribution is 2.35. The monoisotopic (exact) mass is 325 g/mol. The van der Waals surface area contributed by atoms with Crippen molar-refractivity contribution in [2.24, 2.45) is 0 Å².